The fraction of sp³-hybridized carbons (Fsp3) is 0.500. The number of rotatable bonds is 3. The highest BCUT2D eigenvalue weighted by Gasteiger charge is 2.33. The highest BCUT2D eigenvalue weighted by Crippen LogP contribution is 2.33. The minimum Gasteiger partial charge on any atom is -0.478 e. The topological polar surface area (TPSA) is 57.6 Å². The first-order valence-electron chi connectivity index (χ1n) is 7.05. The Kier molecular flexibility index (Phi) is 3.84. The average Bonchev–Trinajstić information content (AvgIpc) is 2.45. The van der Waals surface area contributed by atoms with Gasteiger partial charge in [-0.2, -0.15) is 0 Å². The molecule has 1 amide bonds. The van der Waals surface area contributed by atoms with Crippen molar-refractivity contribution in [3.8, 4) is 0 Å². The molecule has 1 aromatic carbocycles. The van der Waals surface area contributed by atoms with Gasteiger partial charge >= 0.3 is 5.97 Å². The first-order valence-corrected chi connectivity index (χ1v) is 7.05. The second kappa shape index (κ2) is 5.27. The maximum Gasteiger partial charge on any atom is 0.335 e. The molecule has 2 rings (SSSR count). The monoisotopic (exact) mass is 275 g/mol. The lowest BCUT2D eigenvalue weighted by molar-refractivity contribution is -0.126. The van der Waals surface area contributed by atoms with Crippen LogP contribution in [0.1, 0.15) is 49.5 Å². The summed E-state index contributed by atoms with van der Waals surface area (Å²) in [6.07, 6.45) is 2.49. The number of nitrogens with zero attached hydrogens (tertiary/aromatic N) is 1. The third kappa shape index (κ3) is 2.55. The van der Waals surface area contributed by atoms with Gasteiger partial charge in [-0.15, -0.1) is 0 Å². The molecule has 1 N–H and O–H groups in total. The lowest BCUT2D eigenvalue weighted by Gasteiger charge is -2.35. The van der Waals surface area contributed by atoms with Gasteiger partial charge in [-0.25, -0.2) is 4.79 Å². The molecule has 4 heteroatoms. The summed E-state index contributed by atoms with van der Waals surface area (Å²) in [6, 6.07) is 5.03. The molecule has 0 aliphatic carbocycles. The first kappa shape index (κ1) is 14.6. The van der Waals surface area contributed by atoms with E-state index in [9.17, 15) is 9.59 Å². The van der Waals surface area contributed by atoms with Crippen LogP contribution in [0, 0.1) is 5.41 Å². The fourth-order valence-corrected chi connectivity index (χ4v) is 2.46. The number of carboxylic acid groups (broad SMARTS) is 1. The zero-order valence-electron chi connectivity index (χ0n) is 12.3. The van der Waals surface area contributed by atoms with Gasteiger partial charge in [0.05, 0.1) is 5.56 Å². The van der Waals surface area contributed by atoms with E-state index in [2.05, 4.69) is 0 Å². The van der Waals surface area contributed by atoms with E-state index in [0.717, 1.165) is 30.5 Å². The Morgan fingerprint density at radius 1 is 1.35 bits per heavy atom. The minimum atomic E-state index is -0.926. The van der Waals surface area contributed by atoms with Crippen molar-refractivity contribution < 1.29 is 14.7 Å². The average molecular weight is 275 g/mol. The predicted molar refractivity (Wildman–Crippen MR) is 78.1 cm³/mol. The Morgan fingerprint density at radius 2 is 2.05 bits per heavy atom. The van der Waals surface area contributed by atoms with Gasteiger partial charge in [0.25, 0.3) is 0 Å². The maximum atomic E-state index is 12.6. The molecular formula is C16H21NO3. The van der Waals surface area contributed by atoms with Crippen molar-refractivity contribution in [3.63, 3.8) is 0 Å². The van der Waals surface area contributed by atoms with Crippen molar-refractivity contribution in [2.24, 2.45) is 5.41 Å². The molecule has 0 unspecified atom stereocenters. The summed E-state index contributed by atoms with van der Waals surface area (Å²) in [7, 11) is 0. The van der Waals surface area contributed by atoms with Gasteiger partial charge in [-0.05, 0) is 43.0 Å². The number of carbonyl (C=O) groups excluding carboxylic acids is 1. The Bertz CT molecular complexity index is 549. The summed E-state index contributed by atoms with van der Waals surface area (Å²) in [5, 5.41) is 9.05. The van der Waals surface area contributed by atoms with E-state index in [4.69, 9.17) is 5.11 Å². The zero-order valence-corrected chi connectivity index (χ0v) is 12.3. The third-order valence-corrected chi connectivity index (χ3v) is 4.15. The van der Waals surface area contributed by atoms with Crippen LogP contribution in [0.2, 0.25) is 0 Å². The molecule has 0 fully saturated rings. The van der Waals surface area contributed by atoms with Crippen LogP contribution in [0.5, 0.6) is 0 Å². The van der Waals surface area contributed by atoms with Crippen LogP contribution < -0.4 is 4.90 Å². The maximum absolute atomic E-state index is 12.6. The zero-order chi connectivity index (χ0) is 14.9. The van der Waals surface area contributed by atoms with Crippen LogP contribution in [0.25, 0.3) is 0 Å². The number of fused-ring (bicyclic) bond motifs is 1. The van der Waals surface area contributed by atoms with E-state index in [1.807, 2.05) is 25.7 Å². The Morgan fingerprint density at radius 3 is 2.65 bits per heavy atom. The smallest absolute Gasteiger partial charge is 0.335 e. The molecule has 4 nitrogen and oxygen atoms in total. The summed E-state index contributed by atoms with van der Waals surface area (Å²) in [4.78, 5) is 25.5. The van der Waals surface area contributed by atoms with Crippen molar-refractivity contribution in [2.75, 3.05) is 11.4 Å². The van der Waals surface area contributed by atoms with Gasteiger partial charge in [-0.1, -0.05) is 20.8 Å². The molecule has 108 valence electrons. The van der Waals surface area contributed by atoms with E-state index in [1.54, 1.807) is 18.2 Å². The number of carboxylic acids is 1. The Balaban J connectivity index is 2.38. The van der Waals surface area contributed by atoms with Gasteiger partial charge in [0.2, 0.25) is 5.91 Å². The highest BCUT2D eigenvalue weighted by molar-refractivity contribution is 5.99. The number of carbonyl (C=O) groups is 2. The van der Waals surface area contributed by atoms with Gasteiger partial charge in [0, 0.05) is 17.6 Å². The Hall–Kier alpha value is -1.84. The van der Waals surface area contributed by atoms with E-state index in [-0.39, 0.29) is 16.9 Å². The lowest BCUT2D eigenvalue weighted by atomic mass is 9.87. The van der Waals surface area contributed by atoms with E-state index < -0.39 is 5.97 Å². The summed E-state index contributed by atoms with van der Waals surface area (Å²) in [6.45, 7) is 6.63. The molecule has 0 bridgehead atoms. The van der Waals surface area contributed by atoms with Crippen molar-refractivity contribution in [1.29, 1.82) is 0 Å². The number of anilines is 1. The largest absolute Gasteiger partial charge is 0.478 e. The quantitative estimate of drug-likeness (QED) is 0.922. The first-order chi connectivity index (χ1) is 9.36. The number of aryl methyl sites for hydroxylation is 1. The van der Waals surface area contributed by atoms with E-state index in [1.165, 1.54) is 0 Å². The van der Waals surface area contributed by atoms with Crippen molar-refractivity contribution in [1.82, 2.24) is 0 Å². The molecule has 0 saturated carbocycles. The molecule has 1 aliphatic heterocycles. The standard InChI is InChI=1S/C16H21NO3/c1-4-16(2,3)15(20)17-9-5-6-11-10-12(14(18)19)7-8-13(11)17/h7-8,10H,4-6,9H2,1-3H3,(H,18,19). The van der Waals surface area contributed by atoms with E-state index >= 15 is 0 Å². The number of hydrogen-bond donors (Lipinski definition) is 1. The number of hydrogen-bond acceptors (Lipinski definition) is 2. The second-order valence-electron chi connectivity index (χ2n) is 5.95. The van der Waals surface area contributed by atoms with Crippen molar-refractivity contribution in [2.45, 2.75) is 40.0 Å². The molecule has 1 heterocycles. The van der Waals surface area contributed by atoms with Gasteiger partial charge < -0.3 is 10.0 Å². The van der Waals surface area contributed by atoms with Crippen LogP contribution in [-0.4, -0.2) is 23.5 Å². The summed E-state index contributed by atoms with van der Waals surface area (Å²) >= 11 is 0. The molecule has 0 atom stereocenters. The molecular weight excluding hydrogens is 254 g/mol. The second-order valence-corrected chi connectivity index (χ2v) is 5.95. The van der Waals surface area contributed by atoms with Gasteiger partial charge in [0.15, 0.2) is 0 Å². The van der Waals surface area contributed by atoms with Crippen LogP contribution in [0.15, 0.2) is 18.2 Å². The molecule has 0 spiro atoms. The van der Waals surface area contributed by atoms with Crippen LogP contribution in [0.4, 0.5) is 5.69 Å². The molecule has 20 heavy (non-hydrogen) atoms. The highest BCUT2D eigenvalue weighted by atomic mass is 16.4. The van der Waals surface area contributed by atoms with Crippen molar-refractivity contribution >= 4 is 17.6 Å². The van der Waals surface area contributed by atoms with Crippen LogP contribution in [-0.2, 0) is 11.2 Å². The van der Waals surface area contributed by atoms with Crippen molar-refractivity contribution in [3.05, 3.63) is 29.3 Å². The summed E-state index contributed by atoms with van der Waals surface area (Å²) in [5.41, 5.74) is 1.72. The van der Waals surface area contributed by atoms with Crippen LogP contribution in [0.3, 0.4) is 0 Å². The Labute approximate surface area is 119 Å². The molecule has 0 saturated heterocycles. The SMILES string of the molecule is CCC(C)(C)C(=O)N1CCCc2cc(C(=O)O)ccc21. The number of benzene rings is 1. The predicted octanol–water partition coefficient (Wildman–Crippen LogP) is 3.10. The molecule has 1 aromatic rings. The normalized spacial score (nSPS) is 14.8. The molecule has 0 aromatic heterocycles. The third-order valence-electron chi connectivity index (χ3n) is 4.15. The molecule has 1 aliphatic rings. The lowest BCUT2D eigenvalue weighted by Crippen LogP contribution is -2.43. The summed E-state index contributed by atoms with van der Waals surface area (Å²) in [5.74, 6) is -0.811. The number of amides is 1. The van der Waals surface area contributed by atoms with Crippen LogP contribution >= 0.6 is 0 Å². The molecule has 0 radical (unpaired) electrons. The van der Waals surface area contributed by atoms with Gasteiger partial charge in [0.1, 0.15) is 0 Å². The van der Waals surface area contributed by atoms with E-state index in [0.29, 0.717) is 6.54 Å². The summed E-state index contributed by atoms with van der Waals surface area (Å²) < 4.78 is 0. The fourth-order valence-electron chi connectivity index (χ4n) is 2.46. The number of aromatic carboxylic acids is 1. The van der Waals surface area contributed by atoms with Gasteiger partial charge in [-0.3, -0.25) is 4.79 Å². The minimum absolute atomic E-state index is 0.115.